The van der Waals surface area contributed by atoms with E-state index in [0.717, 1.165) is 12.3 Å². The molecule has 1 aromatic rings. The van der Waals surface area contributed by atoms with Gasteiger partial charge < -0.3 is 4.74 Å². The number of ether oxygens (including phenoxy) is 1. The van der Waals surface area contributed by atoms with E-state index in [1.54, 1.807) is 6.20 Å². The summed E-state index contributed by atoms with van der Waals surface area (Å²) in [6, 6.07) is 2.62. The second kappa shape index (κ2) is 6.29. The smallest absolute Gasteiger partial charge is 0.137 e. The average Bonchev–Trinajstić information content (AvgIpc) is 2.76. The molecule has 1 aromatic heterocycles. The van der Waals surface area contributed by atoms with Crippen molar-refractivity contribution >= 4 is 9.39 Å². The molecule has 4 nitrogen and oxygen atoms in total. The maximum absolute atomic E-state index is 5.63. The van der Waals surface area contributed by atoms with Gasteiger partial charge in [0, 0.05) is 18.8 Å². The molecule has 1 unspecified atom stereocenters. The maximum atomic E-state index is 5.63. The molecule has 1 saturated heterocycles. The van der Waals surface area contributed by atoms with E-state index in [2.05, 4.69) is 37.5 Å². The summed E-state index contributed by atoms with van der Waals surface area (Å²) in [5.41, 5.74) is 1.27. The van der Waals surface area contributed by atoms with Crippen molar-refractivity contribution in [2.24, 2.45) is 0 Å². The molecule has 0 radical (unpaired) electrons. The number of likely N-dealkylation sites (tertiary alicyclic amines) is 1. The first-order valence-corrected chi connectivity index (χ1v) is 6.60. The van der Waals surface area contributed by atoms with Crippen LogP contribution in [-0.4, -0.2) is 36.6 Å². The number of rotatable bonds is 5. The Hall–Kier alpha value is -0.700. The number of nitrogens with zero attached hydrogens (tertiary/aromatic N) is 2. The predicted octanol–water partition coefficient (Wildman–Crippen LogP) is 1.61. The molecule has 1 aliphatic heterocycles. The molecule has 2 atom stereocenters. The zero-order valence-corrected chi connectivity index (χ0v) is 11.4. The van der Waals surface area contributed by atoms with Crippen LogP contribution in [-0.2, 0) is 0 Å². The van der Waals surface area contributed by atoms with Gasteiger partial charge in [0.2, 0.25) is 0 Å². The fourth-order valence-electron chi connectivity index (χ4n) is 2.26. The predicted molar refractivity (Wildman–Crippen MR) is 72.0 cm³/mol. The van der Waals surface area contributed by atoms with Crippen LogP contribution in [0.2, 0.25) is 0 Å². The van der Waals surface area contributed by atoms with Gasteiger partial charge in [-0.25, -0.2) is 0 Å². The minimum Gasteiger partial charge on any atom is -0.491 e. The van der Waals surface area contributed by atoms with Crippen molar-refractivity contribution in [3.05, 3.63) is 24.0 Å². The molecule has 2 heterocycles. The molecule has 1 aliphatic rings. The van der Waals surface area contributed by atoms with Gasteiger partial charge in [0.25, 0.3) is 0 Å². The first kappa shape index (κ1) is 12.7. The summed E-state index contributed by atoms with van der Waals surface area (Å²) >= 11 is 0. The monoisotopic (exact) mass is 253 g/mol. The van der Waals surface area contributed by atoms with Gasteiger partial charge in [-0.1, -0.05) is 9.39 Å². The lowest BCUT2D eigenvalue weighted by atomic mass is 10.1. The highest BCUT2D eigenvalue weighted by Crippen LogP contribution is 2.31. The van der Waals surface area contributed by atoms with Crippen molar-refractivity contribution in [2.45, 2.75) is 18.9 Å². The lowest BCUT2D eigenvalue weighted by Gasteiger charge is -2.19. The summed E-state index contributed by atoms with van der Waals surface area (Å²) < 4.78 is 5.63. The number of hydrogen-bond donors (Lipinski definition) is 1. The molecule has 94 valence electrons. The zero-order valence-electron chi connectivity index (χ0n) is 10.2. The van der Waals surface area contributed by atoms with Gasteiger partial charge in [0.05, 0.1) is 6.20 Å². The van der Waals surface area contributed by atoms with Crippen molar-refractivity contribution < 1.29 is 4.74 Å². The summed E-state index contributed by atoms with van der Waals surface area (Å²) in [6.07, 6.45) is 6.21. The summed E-state index contributed by atoms with van der Waals surface area (Å²) in [7, 11) is 4.64. The third-order valence-electron chi connectivity index (χ3n) is 3.15. The topological polar surface area (TPSA) is 37.4 Å². The maximum Gasteiger partial charge on any atom is 0.137 e. The summed E-state index contributed by atoms with van der Waals surface area (Å²) in [6.45, 7) is 2.65. The largest absolute Gasteiger partial charge is 0.491 e. The Kier molecular flexibility index (Phi) is 4.72. The van der Waals surface area contributed by atoms with Crippen LogP contribution in [0.1, 0.15) is 24.4 Å². The van der Waals surface area contributed by atoms with E-state index >= 15 is 0 Å². The fraction of sp³-hybridized carbons (Fsp3) is 0.583. The highest BCUT2D eigenvalue weighted by molar-refractivity contribution is 7.13. The van der Waals surface area contributed by atoms with Gasteiger partial charge in [0.15, 0.2) is 0 Å². The van der Waals surface area contributed by atoms with Crippen LogP contribution in [0.15, 0.2) is 18.5 Å². The quantitative estimate of drug-likeness (QED) is 0.639. The first-order valence-electron chi connectivity index (χ1n) is 6.02. The van der Waals surface area contributed by atoms with Gasteiger partial charge in [-0.05, 0) is 38.1 Å². The summed E-state index contributed by atoms with van der Waals surface area (Å²) in [5, 5.41) is 2.98. The molecule has 0 aliphatic carbocycles. The number of nitrogens with one attached hydrogen (secondary N) is 1. The third-order valence-corrected chi connectivity index (χ3v) is 3.44. The highest BCUT2D eigenvalue weighted by atomic mass is 31.0. The Balaban J connectivity index is 2.00. The SMILES string of the molecule is CN1CCC[C@H]1c1cncc(OCCNP)c1. The molecule has 1 fully saturated rings. The standard InChI is InChI=1S/C12H20N3OP/c1-15-5-2-3-12(15)10-7-11(9-13-8-10)16-6-4-14-17/h7-9,12,14H,2-6,17H2,1H3/t12-/m0/s1. The Morgan fingerprint density at radius 3 is 3.18 bits per heavy atom. The van der Waals surface area contributed by atoms with Gasteiger partial charge >= 0.3 is 0 Å². The number of hydrogen-bond acceptors (Lipinski definition) is 4. The molecule has 2 rings (SSSR count). The lowest BCUT2D eigenvalue weighted by molar-refractivity contribution is 0.308. The molecule has 0 bridgehead atoms. The second-order valence-corrected chi connectivity index (χ2v) is 4.80. The minimum atomic E-state index is 0.505. The van der Waals surface area contributed by atoms with Gasteiger partial charge in [0.1, 0.15) is 12.4 Å². The molecular weight excluding hydrogens is 233 g/mol. The Morgan fingerprint density at radius 1 is 1.59 bits per heavy atom. The molecule has 0 saturated carbocycles. The second-order valence-electron chi connectivity index (χ2n) is 4.40. The number of pyridine rings is 1. The Labute approximate surface area is 105 Å². The van der Waals surface area contributed by atoms with Crippen LogP contribution in [0.25, 0.3) is 0 Å². The van der Waals surface area contributed by atoms with Crippen molar-refractivity contribution in [3.63, 3.8) is 0 Å². The number of aromatic nitrogens is 1. The van der Waals surface area contributed by atoms with Crippen LogP contribution < -0.4 is 9.82 Å². The van der Waals surface area contributed by atoms with E-state index in [1.165, 1.54) is 24.9 Å². The highest BCUT2D eigenvalue weighted by Gasteiger charge is 2.22. The van der Waals surface area contributed by atoms with E-state index in [4.69, 9.17) is 4.74 Å². The molecule has 1 N–H and O–H groups in total. The van der Waals surface area contributed by atoms with E-state index in [0.29, 0.717) is 12.6 Å². The van der Waals surface area contributed by atoms with Crippen molar-refractivity contribution in [1.29, 1.82) is 0 Å². The molecule has 0 aromatic carbocycles. The Morgan fingerprint density at radius 2 is 2.47 bits per heavy atom. The summed E-state index contributed by atoms with van der Waals surface area (Å²) in [5.74, 6) is 0.864. The van der Waals surface area contributed by atoms with E-state index in [9.17, 15) is 0 Å². The lowest BCUT2D eigenvalue weighted by Crippen LogP contribution is -2.17. The third kappa shape index (κ3) is 3.38. The van der Waals surface area contributed by atoms with Crippen molar-refractivity contribution in [3.8, 4) is 5.75 Å². The van der Waals surface area contributed by atoms with Crippen molar-refractivity contribution in [2.75, 3.05) is 26.7 Å². The molecule has 0 spiro atoms. The van der Waals surface area contributed by atoms with Gasteiger partial charge in [-0.15, -0.1) is 0 Å². The van der Waals surface area contributed by atoms with Crippen LogP contribution >= 0.6 is 9.39 Å². The van der Waals surface area contributed by atoms with E-state index < -0.39 is 0 Å². The zero-order chi connectivity index (χ0) is 12.1. The van der Waals surface area contributed by atoms with Crippen molar-refractivity contribution in [1.82, 2.24) is 15.0 Å². The fourth-order valence-corrected chi connectivity index (χ4v) is 2.37. The van der Waals surface area contributed by atoms with Crippen LogP contribution in [0.3, 0.4) is 0 Å². The minimum absolute atomic E-state index is 0.505. The van der Waals surface area contributed by atoms with Crippen LogP contribution in [0.4, 0.5) is 0 Å². The molecular formula is C12H20N3OP. The molecule has 0 amide bonds. The van der Waals surface area contributed by atoms with E-state index in [-0.39, 0.29) is 0 Å². The van der Waals surface area contributed by atoms with Crippen LogP contribution in [0, 0.1) is 0 Å². The Bertz CT molecular complexity index is 361. The van der Waals surface area contributed by atoms with Crippen LogP contribution in [0.5, 0.6) is 5.75 Å². The molecule has 17 heavy (non-hydrogen) atoms. The summed E-state index contributed by atoms with van der Waals surface area (Å²) in [4.78, 5) is 6.65. The van der Waals surface area contributed by atoms with Gasteiger partial charge in [-0.3, -0.25) is 15.0 Å². The molecule has 5 heteroatoms. The van der Waals surface area contributed by atoms with Gasteiger partial charge in [-0.2, -0.15) is 0 Å². The average molecular weight is 253 g/mol. The first-order chi connectivity index (χ1) is 8.31. The van der Waals surface area contributed by atoms with E-state index in [1.807, 2.05) is 6.20 Å². The normalized spacial score (nSPS) is 20.7.